The first-order valence-electron chi connectivity index (χ1n) is 8.17. The van der Waals surface area contributed by atoms with Gasteiger partial charge >= 0.3 is 0 Å². The monoisotopic (exact) mass is 413 g/mol. The second-order valence-corrected chi connectivity index (χ2v) is 7.66. The second-order valence-electron chi connectivity index (χ2n) is 6.74. The minimum atomic E-state index is -0.881. The molecule has 1 aliphatic rings. The summed E-state index contributed by atoms with van der Waals surface area (Å²) in [5.41, 5.74) is 7.77. The van der Waals surface area contributed by atoms with E-state index in [4.69, 9.17) is 5.73 Å². The molecule has 0 saturated heterocycles. The number of nitrogens with zero attached hydrogens (tertiary/aromatic N) is 3. The van der Waals surface area contributed by atoms with Gasteiger partial charge < -0.3 is 16.2 Å². The van der Waals surface area contributed by atoms with Crippen molar-refractivity contribution in [3.63, 3.8) is 0 Å². The van der Waals surface area contributed by atoms with Gasteiger partial charge in [0.1, 0.15) is 12.1 Å². The summed E-state index contributed by atoms with van der Waals surface area (Å²) in [6.45, 7) is 3.77. The van der Waals surface area contributed by atoms with Crippen molar-refractivity contribution < 1.29 is 5.11 Å². The topological polar surface area (TPSA) is 97.7 Å². The molecule has 0 amide bonds. The standard InChI is InChI=1S/C19H20BrN5O/c1-19(2)17(26)16(14-10-12(20)8-9-15(14)24-19)25(11-21)18(22)23-13-6-4-3-5-7-13/h3-10,16-17,24,26H,1-2H3,(H2,22,23). The molecule has 1 aliphatic heterocycles. The number of halogens is 1. The first kappa shape index (κ1) is 18.2. The van der Waals surface area contributed by atoms with Gasteiger partial charge in [0.2, 0.25) is 5.96 Å². The van der Waals surface area contributed by atoms with E-state index in [9.17, 15) is 10.4 Å². The number of para-hydroxylation sites is 1. The lowest BCUT2D eigenvalue weighted by Gasteiger charge is -2.45. The molecule has 4 N–H and O–H groups in total. The highest BCUT2D eigenvalue weighted by Crippen LogP contribution is 2.42. The Labute approximate surface area is 161 Å². The molecular formula is C19H20BrN5O. The van der Waals surface area contributed by atoms with Gasteiger partial charge in [-0.3, -0.25) is 0 Å². The van der Waals surface area contributed by atoms with Crippen LogP contribution in [0.5, 0.6) is 0 Å². The van der Waals surface area contributed by atoms with Crippen LogP contribution in [0, 0.1) is 11.5 Å². The van der Waals surface area contributed by atoms with Crippen molar-refractivity contribution in [3.8, 4) is 6.19 Å². The molecule has 1 heterocycles. The van der Waals surface area contributed by atoms with Gasteiger partial charge in [-0.25, -0.2) is 9.89 Å². The second kappa shape index (κ2) is 6.98. The predicted octanol–water partition coefficient (Wildman–Crippen LogP) is 3.48. The minimum Gasteiger partial charge on any atom is -0.388 e. The molecule has 0 spiro atoms. The quantitative estimate of drug-likeness (QED) is 0.303. The van der Waals surface area contributed by atoms with Crippen LogP contribution in [0.4, 0.5) is 11.4 Å². The van der Waals surface area contributed by atoms with E-state index in [2.05, 4.69) is 32.4 Å². The molecule has 2 aromatic rings. The number of benzene rings is 2. The number of aliphatic imine (C=N–C) groups is 1. The van der Waals surface area contributed by atoms with Crippen LogP contribution in [-0.2, 0) is 0 Å². The molecule has 2 aromatic carbocycles. The van der Waals surface area contributed by atoms with Crippen LogP contribution in [0.2, 0.25) is 0 Å². The Balaban J connectivity index is 2.08. The van der Waals surface area contributed by atoms with Gasteiger partial charge in [0.15, 0.2) is 6.19 Å². The molecule has 0 aliphatic carbocycles. The van der Waals surface area contributed by atoms with Crippen LogP contribution in [0.25, 0.3) is 0 Å². The van der Waals surface area contributed by atoms with Gasteiger partial charge in [0.25, 0.3) is 0 Å². The largest absolute Gasteiger partial charge is 0.388 e. The Morgan fingerprint density at radius 2 is 2.00 bits per heavy atom. The molecular weight excluding hydrogens is 394 g/mol. The number of rotatable bonds is 2. The van der Waals surface area contributed by atoms with Gasteiger partial charge in [0, 0.05) is 15.7 Å². The normalized spacial score (nSPS) is 21.3. The van der Waals surface area contributed by atoms with Crippen molar-refractivity contribution in [2.24, 2.45) is 10.7 Å². The SMILES string of the molecule is CC1(C)Nc2ccc(Br)cc2C(N(C#N)C(N)=Nc2ccccc2)C1O. The van der Waals surface area contributed by atoms with E-state index in [1.54, 1.807) is 12.1 Å². The van der Waals surface area contributed by atoms with Crippen molar-refractivity contribution in [1.29, 1.82) is 5.26 Å². The van der Waals surface area contributed by atoms with Crippen molar-refractivity contribution in [2.45, 2.75) is 31.5 Å². The zero-order valence-electron chi connectivity index (χ0n) is 14.5. The summed E-state index contributed by atoms with van der Waals surface area (Å²) in [4.78, 5) is 5.61. The summed E-state index contributed by atoms with van der Waals surface area (Å²) < 4.78 is 0.853. The minimum absolute atomic E-state index is 0.0337. The van der Waals surface area contributed by atoms with Gasteiger partial charge in [-0.05, 0) is 44.2 Å². The highest BCUT2D eigenvalue weighted by molar-refractivity contribution is 9.10. The summed E-state index contributed by atoms with van der Waals surface area (Å²) >= 11 is 3.46. The van der Waals surface area contributed by atoms with Gasteiger partial charge in [-0.1, -0.05) is 34.1 Å². The Morgan fingerprint density at radius 3 is 2.65 bits per heavy atom. The third-order valence-corrected chi connectivity index (χ3v) is 4.95. The Bertz CT molecular complexity index is 875. The van der Waals surface area contributed by atoms with Crippen LogP contribution in [0.15, 0.2) is 58.0 Å². The highest BCUT2D eigenvalue weighted by atomic mass is 79.9. The number of nitriles is 1. The Hall–Kier alpha value is -2.56. The van der Waals surface area contributed by atoms with Gasteiger partial charge in [-0.2, -0.15) is 5.26 Å². The number of hydrogen-bond donors (Lipinski definition) is 3. The van der Waals surface area contributed by atoms with Crippen molar-refractivity contribution in [3.05, 3.63) is 58.6 Å². The van der Waals surface area contributed by atoms with Crippen molar-refractivity contribution in [2.75, 3.05) is 5.32 Å². The molecule has 0 radical (unpaired) electrons. The van der Waals surface area contributed by atoms with E-state index >= 15 is 0 Å². The smallest absolute Gasteiger partial charge is 0.210 e. The number of anilines is 1. The molecule has 6 nitrogen and oxygen atoms in total. The first-order chi connectivity index (χ1) is 12.3. The molecule has 26 heavy (non-hydrogen) atoms. The third kappa shape index (κ3) is 3.39. The molecule has 2 unspecified atom stereocenters. The number of aliphatic hydroxyl groups is 1. The number of hydrogen-bond acceptors (Lipinski definition) is 4. The molecule has 134 valence electrons. The number of fused-ring (bicyclic) bond motifs is 1. The lowest BCUT2D eigenvalue weighted by atomic mass is 9.82. The fourth-order valence-electron chi connectivity index (χ4n) is 3.10. The average Bonchev–Trinajstić information content (AvgIpc) is 2.60. The van der Waals surface area contributed by atoms with E-state index in [1.807, 2.05) is 50.2 Å². The van der Waals surface area contributed by atoms with E-state index in [0.29, 0.717) is 5.69 Å². The molecule has 7 heteroatoms. The van der Waals surface area contributed by atoms with Crippen molar-refractivity contribution in [1.82, 2.24) is 4.90 Å². The Kier molecular flexibility index (Phi) is 4.90. The number of guanidine groups is 1. The van der Waals surface area contributed by atoms with Crippen LogP contribution in [0.1, 0.15) is 25.5 Å². The number of nitrogens with one attached hydrogen (secondary N) is 1. The van der Waals surface area contributed by atoms with E-state index in [0.717, 1.165) is 15.7 Å². The fourth-order valence-corrected chi connectivity index (χ4v) is 3.48. The summed E-state index contributed by atoms with van der Waals surface area (Å²) in [6.07, 6.45) is 1.21. The molecule has 0 aromatic heterocycles. The average molecular weight is 414 g/mol. The van der Waals surface area contributed by atoms with Gasteiger partial charge in [-0.15, -0.1) is 0 Å². The number of nitrogens with two attached hydrogens (primary N) is 1. The van der Waals surface area contributed by atoms with Crippen molar-refractivity contribution >= 4 is 33.3 Å². The summed E-state index contributed by atoms with van der Waals surface area (Å²) in [7, 11) is 0. The van der Waals surface area contributed by atoms with Crippen LogP contribution in [-0.4, -0.2) is 27.6 Å². The van der Waals surface area contributed by atoms with Gasteiger partial charge in [0.05, 0.1) is 11.2 Å². The molecule has 0 bridgehead atoms. The first-order valence-corrected chi connectivity index (χ1v) is 8.96. The highest BCUT2D eigenvalue weighted by Gasteiger charge is 2.44. The lowest BCUT2D eigenvalue weighted by Crippen LogP contribution is -2.55. The van der Waals surface area contributed by atoms with Crippen LogP contribution >= 0.6 is 15.9 Å². The molecule has 3 rings (SSSR count). The maximum Gasteiger partial charge on any atom is 0.210 e. The summed E-state index contributed by atoms with van der Waals surface area (Å²) in [6, 6.07) is 14.2. The fraction of sp³-hybridized carbons (Fsp3) is 0.263. The zero-order valence-corrected chi connectivity index (χ0v) is 16.1. The predicted molar refractivity (Wildman–Crippen MR) is 106 cm³/mol. The van der Waals surface area contributed by atoms with Crippen LogP contribution < -0.4 is 11.1 Å². The number of aliphatic hydroxyl groups excluding tert-OH is 1. The lowest BCUT2D eigenvalue weighted by molar-refractivity contribution is 0.0486. The molecule has 2 atom stereocenters. The van der Waals surface area contributed by atoms with E-state index in [-0.39, 0.29) is 5.96 Å². The summed E-state index contributed by atoms with van der Waals surface area (Å²) in [5.74, 6) is 0.0337. The molecule has 0 saturated carbocycles. The van der Waals surface area contributed by atoms with Crippen LogP contribution in [0.3, 0.4) is 0 Å². The maximum absolute atomic E-state index is 11.0. The van der Waals surface area contributed by atoms with E-state index in [1.165, 1.54) is 4.90 Å². The maximum atomic E-state index is 11.0. The Morgan fingerprint density at radius 1 is 1.31 bits per heavy atom. The third-order valence-electron chi connectivity index (χ3n) is 4.46. The molecule has 0 fully saturated rings. The zero-order chi connectivity index (χ0) is 18.9. The van der Waals surface area contributed by atoms with E-state index < -0.39 is 17.7 Å². The summed E-state index contributed by atoms with van der Waals surface area (Å²) in [5, 5.41) is 24.1.